The molecule has 1 heterocycles. The van der Waals surface area contributed by atoms with Crippen LogP contribution in [0.4, 0.5) is 0 Å². The van der Waals surface area contributed by atoms with E-state index in [2.05, 4.69) is 10.5 Å². The van der Waals surface area contributed by atoms with Crippen LogP contribution in [-0.4, -0.2) is 43.4 Å². The van der Waals surface area contributed by atoms with E-state index >= 15 is 0 Å². The molecule has 0 aromatic rings. The van der Waals surface area contributed by atoms with Gasteiger partial charge < -0.3 is 16.3 Å². The maximum absolute atomic E-state index is 11.6. The van der Waals surface area contributed by atoms with Gasteiger partial charge >= 0.3 is 0 Å². The number of carbonyl (C=O) groups excluding carboxylic acids is 1. The van der Waals surface area contributed by atoms with Crippen molar-refractivity contribution in [1.82, 2.24) is 5.32 Å². The largest absolute Gasteiger partial charge is 0.409 e. The van der Waals surface area contributed by atoms with Crippen LogP contribution in [0.15, 0.2) is 5.16 Å². The lowest BCUT2D eigenvalue weighted by Crippen LogP contribution is -2.32. The second-order valence-corrected chi connectivity index (χ2v) is 6.31. The fourth-order valence-electron chi connectivity index (χ4n) is 1.68. The third-order valence-electron chi connectivity index (χ3n) is 2.64. The molecule has 1 aliphatic rings. The summed E-state index contributed by atoms with van der Waals surface area (Å²) in [6.07, 6.45) is 1.34. The number of amidine groups is 1. The van der Waals surface area contributed by atoms with Crippen LogP contribution in [0.25, 0.3) is 0 Å². The summed E-state index contributed by atoms with van der Waals surface area (Å²) in [7, 11) is -3.02. The van der Waals surface area contributed by atoms with E-state index in [4.69, 9.17) is 10.9 Å². The van der Waals surface area contributed by atoms with Gasteiger partial charge in [0.1, 0.15) is 5.84 Å². The topological polar surface area (TPSA) is 122 Å². The lowest BCUT2D eigenvalue weighted by Gasteiger charge is -2.08. The van der Waals surface area contributed by atoms with E-state index in [1.807, 2.05) is 0 Å². The molecule has 17 heavy (non-hydrogen) atoms. The van der Waals surface area contributed by atoms with E-state index < -0.39 is 15.8 Å². The Morgan fingerprint density at radius 3 is 2.76 bits per heavy atom. The molecule has 8 heteroatoms. The number of carbonyl (C=O) groups is 1. The van der Waals surface area contributed by atoms with Gasteiger partial charge in [-0.3, -0.25) is 4.79 Å². The SMILES string of the molecule is NC(CCCNC(=O)C1CCS(=O)(=O)C1)=NO. The van der Waals surface area contributed by atoms with Crippen molar-refractivity contribution in [1.29, 1.82) is 0 Å². The van der Waals surface area contributed by atoms with Crippen molar-refractivity contribution in [3.05, 3.63) is 0 Å². The van der Waals surface area contributed by atoms with Crippen LogP contribution in [-0.2, 0) is 14.6 Å². The maximum atomic E-state index is 11.6. The predicted molar refractivity (Wildman–Crippen MR) is 62.4 cm³/mol. The zero-order valence-electron chi connectivity index (χ0n) is 9.42. The first-order chi connectivity index (χ1) is 7.94. The first-order valence-electron chi connectivity index (χ1n) is 5.39. The summed E-state index contributed by atoms with van der Waals surface area (Å²) in [6, 6.07) is 0. The Bertz CT molecular complexity index is 404. The molecule has 4 N–H and O–H groups in total. The number of rotatable bonds is 5. The molecule has 98 valence electrons. The van der Waals surface area contributed by atoms with Crippen molar-refractivity contribution in [3.63, 3.8) is 0 Å². The van der Waals surface area contributed by atoms with Gasteiger partial charge in [-0.05, 0) is 12.8 Å². The molecule has 7 nitrogen and oxygen atoms in total. The Morgan fingerprint density at radius 2 is 2.24 bits per heavy atom. The van der Waals surface area contributed by atoms with Gasteiger partial charge in [0.25, 0.3) is 0 Å². The Balaban J connectivity index is 2.23. The van der Waals surface area contributed by atoms with Crippen LogP contribution in [0.5, 0.6) is 0 Å². The molecule has 0 aromatic carbocycles. The van der Waals surface area contributed by atoms with Crippen molar-refractivity contribution in [2.24, 2.45) is 16.8 Å². The number of nitrogens with zero attached hydrogens (tertiary/aromatic N) is 1. The smallest absolute Gasteiger partial charge is 0.224 e. The highest BCUT2D eigenvalue weighted by atomic mass is 32.2. The molecule has 0 aromatic heterocycles. The molecule has 1 rings (SSSR count). The van der Waals surface area contributed by atoms with Crippen molar-refractivity contribution in [2.75, 3.05) is 18.1 Å². The fourth-order valence-corrected chi connectivity index (χ4v) is 3.42. The normalized spacial score (nSPS) is 23.5. The number of sulfone groups is 1. The summed E-state index contributed by atoms with van der Waals surface area (Å²) in [6.45, 7) is 0.394. The molecule has 0 spiro atoms. The molecule has 0 radical (unpaired) electrons. The quantitative estimate of drug-likeness (QED) is 0.194. The van der Waals surface area contributed by atoms with Crippen LogP contribution < -0.4 is 11.1 Å². The van der Waals surface area contributed by atoms with Gasteiger partial charge in [-0.1, -0.05) is 5.16 Å². The van der Waals surface area contributed by atoms with Gasteiger partial charge in [0.05, 0.1) is 17.4 Å². The zero-order chi connectivity index (χ0) is 12.9. The Kier molecular flexibility index (Phi) is 4.73. The molecule has 1 fully saturated rings. The van der Waals surface area contributed by atoms with Gasteiger partial charge in [-0.25, -0.2) is 8.42 Å². The monoisotopic (exact) mass is 263 g/mol. The second kappa shape index (κ2) is 5.85. The van der Waals surface area contributed by atoms with Crippen molar-refractivity contribution in [2.45, 2.75) is 19.3 Å². The number of hydrogen-bond acceptors (Lipinski definition) is 5. The molecule has 1 aliphatic heterocycles. The lowest BCUT2D eigenvalue weighted by atomic mass is 10.1. The van der Waals surface area contributed by atoms with Crippen LogP contribution in [0.1, 0.15) is 19.3 Å². The molecule has 0 bridgehead atoms. The lowest BCUT2D eigenvalue weighted by molar-refractivity contribution is -0.124. The number of hydrogen-bond donors (Lipinski definition) is 3. The van der Waals surface area contributed by atoms with Crippen LogP contribution in [0.2, 0.25) is 0 Å². The summed E-state index contributed by atoms with van der Waals surface area (Å²) in [5.41, 5.74) is 5.26. The van der Waals surface area contributed by atoms with Crippen molar-refractivity contribution in [3.8, 4) is 0 Å². The number of oxime groups is 1. The van der Waals surface area contributed by atoms with Crippen molar-refractivity contribution < 1.29 is 18.4 Å². The molecule has 1 saturated heterocycles. The second-order valence-electron chi connectivity index (χ2n) is 4.09. The minimum atomic E-state index is -3.02. The van der Waals surface area contributed by atoms with E-state index in [1.54, 1.807) is 0 Å². The van der Waals surface area contributed by atoms with Gasteiger partial charge in [-0.2, -0.15) is 0 Å². The van der Waals surface area contributed by atoms with E-state index in [9.17, 15) is 13.2 Å². The molecule has 1 atom stereocenters. The molecule has 0 saturated carbocycles. The summed E-state index contributed by atoms with van der Waals surface area (Å²) in [4.78, 5) is 11.6. The van der Waals surface area contributed by atoms with Gasteiger partial charge in [0.15, 0.2) is 9.84 Å². The van der Waals surface area contributed by atoms with E-state index in [1.165, 1.54) is 0 Å². The highest BCUT2D eigenvalue weighted by molar-refractivity contribution is 7.91. The highest BCUT2D eigenvalue weighted by Gasteiger charge is 2.32. The average molecular weight is 263 g/mol. The van der Waals surface area contributed by atoms with Gasteiger partial charge in [0, 0.05) is 13.0 Å². The number of nitrogens with two attached hydrogens (primary N) is 1. The predicted octanol–water partition coefficient (Wildman–Crippen LogP) is -0.936. The average Bonchev–Trinajstić information content (AvgIpc) is 2.64. The molecular weight excluding hydrogens is 246 g/mol. The van der Waals surface area contributed by atoms with Crippen LogP contribution in [0.3, 0.4) is 0 Å². The number of amides is 1. The van der Waals surface area contributed by atoms with E-state index in [0.29, 0.717) is 25.8 Å². The van der Waals surface area contributed by atoms with Crippen LogP contribution >= 0.6 is 0 Å². The molecule has 0 aliphatic carbocycles. The zero-order valence-corrected chi connectivity index (χ0v) is 10.2. The summed E-state index contributed by atoms with van der Waals surface area (Å²) in [5.74, 6) is -0.508. The minimum Gasteiger partial charge on any atom is -0.409 e. The Hall–Kier alpha value is -1.31. The molecular formula is C9H17N3O4S. The summed E-state index contributed by atoms with van der Waals surface area (Å²) >= 11 is 0. The standard InChI is InChI=1S/C9H17N3O4S/c10-8(12-14)2-1-4-11-9(13)7-3-5-17(15,16)6-7/h7,14H,1-6H2,(H2,10,12)(H,11,13). The molecule has 1 unspecified atom stereocenters. The first-order valence-corrected chi connectivity index (χ1v) is 7.21. The Labute approximate surface area is 100.0 Å². The van der Waals surface area contributed by atoms with E-state index in [0.717, 1.165) is 0 Å². The van der Waals surface area contributed by atoms with Crippen molar-refractivity contribution >= 4 is 21.6 Å². The fraction of sp³-hybridized carbons (Fsp3) is 0.778. The van der Waals surface area contributed by atoms with E-state index in [-0.39, 0.29) is 23.2 Å². The van der Waals surface area contributed by atoms with Gasteiger partial charge in [-0.15, -0.1) is 0 Å². The third-order valence-corrected chi connectivity index (χ3v) is 4.41. The summed E-state index contributed by atoms with van der Waals surface area (Å²) in [5, 5.41) is 13.7. The highest BCUT2D eigenvalue weighted by Crippen LogP contribution is 2.18. The summed E-state index contributed by atoms with van der Waals surface area (Å²) < 4.78 is 22.3. The Morgan fingerprint density at radius 1 is 1.53 bits per heavy atom. The third kappa shape index (κ3) is 4.59. The first kappa shape index (κ1) is 13.8. The van der Waals surface area contributed by atoms with Gasteiger partial charge in [0.2, 0.25) is 5.91 Å². The maximum Gasteiger partial charge on any atom is 0.224 e. The minimum absolute atomic E-state index is 0.0565. The van der Waals surface area contributed by atoms with Crippen LogP contribution in [0, 0.1) is 5.92 Å². The number of nitrogens with one attached hydrogen (secondary N) is 1. The molecule has 1 amide bonds.